The monoisotopic (exact) mass is 281 g/mol. The van der Waals surface area contributed by atoms with Gasteiger partial charge >= 0.3 is 0 Å². The number of rotatable bonds is 2. The first-order valence-electron chi connectivity index (χ1n) is 6.89. The van der Waals surface area contributed by atoms with Crippen molar-refractivity contribution in [2.45, 2.75) is 18.9 Å². The normalized spacial score (nSPS) is 26.2. The average molecular weight is 281 g/mol. The highest BCUT2D eigenvalue weighted by molar-refractivity contribution is 5.80. The molecule has 1 aromatic rings. The van der Waals surface area contributed by atoms with Gasteiger partial charge in [0.1, 0.15) is 11.6 Å². The summed E-state index contributed by atoms with van der Waals surface area (Å²) >= 11 is 0. The van der Waals surface area contributed by atoms with E-state index in [0.717, 1.165) is 25.9 Å². The molecule has 3 rings (SSSR count). The fourth-order valence-corrected chi connectivity index (χ4v) is 2.98. The van der Waals surface area contributed by atoms with E-state index in [-0.39, 0.29) is 11.5 Å². The molecule has 2 aliphatic heterocycles. The fourth-order valence-electron chi connectivity index (χ4n) is 2.98. The van der Waals surface area contributed by atoms with Crippen LogP contribution in [0.1, 0.15) is 24.4 Å². The predicted octanol–water partition coefficient (Wildman–Crippen LogP) is 1.35. The summed E-state index contributed by atoms with van der Waals surface area (Å²) in [5, 5.41) is 0. The Kier molecular flexibility index (Phi) is 3.67. The highest BCUT2D eigenvalue weighted by Crippen LogP contribution is 2.31. The molecule has 2 atom stereocenters. The number of nitrogens with zero attached hydrogens (tertiary/aromatic N) is 1. The van der Waals surface area contributed by atoms with Crippen LogP contribution in [-0.4, -0.2) is 30.4 Å². The van der Waals surface area contributed by atoms with Gasteiger partial charge in [0.15, 0.2) is 0 Å². The van der Waals surface area contributed by atoms with Gasteiger partial charge in [-0.25, -0.2) is 14.2 Å². The molecule has 2 aliphatic rings. The third kappa shape index (κ3) is 2.29. The van der Waals surface area contributed by atoms with E-state index in [2.05, 4.69) is 10.9 Å². The topological polar surface area (TPSA) is 44.4 Å². The van der Waals surface area contributed by atoms with E-state index in [4.69, 9.17) is 0 Å². The maximum Gasteiger partial charge on any atom is 0.229 e. The first-order valence-corrected chi connectivity index (χ1v) is 6.89. The van der Waals surface area contributed by atoms with E-state index in [1.165, 1.54) is 18.2 Å². The molecular weight excluding hydrogens is 264 g/mol. The van der Waals surface area contributed by atoms with Crippen molar-refractivity contribution >= 4 is 5.91 Å². The minimum Gasteiger partial charge on any atom is -0.342 e. The van der Waals surface area contributed by atoms with Crippen LogP contribution in [0.5, 0.6) is 0 Å². The average Bonchev–Trinajstić information content (AvgIpc) is 3.09. The van der Waals surface area contributed by atoms with Gasteiger partial charge in [-0.15, -0.1) is 0 Å². The summed E-state index contributed by atoms with van der Waals surface area (Å²) in [5.74, 6) is -1.75. The number of carbonyl (C=O) groups excluding carboxylic acids is 1. The summed E-state index contributed by atoms with van der Waals surface area (Å²) in [6, 6.07) is 3.10. The lowest BCUT2D eigenvalue weighted by Gasteiger charge is -2.24. The zero-order valence-electron chi connectivity index (χ0n) is 11.0. The molecule has 1 aromatic carbocycles. The Morgan fingerprint density at radius 1 is 1.20 bits per heavy atom. The minimum absolute atomic E-state index is 0.0346. The zero-order valence-corrected chi connectivity index (χ0v) is 11.0. The lowest BCUT2D eigenvalue weighted by atomic mass is 9.93. The largest absolute Gasteiger partial charge is 0.342 e. The van der Waals surface area contributed by atoms with Crippen LogP contribution in [0.15, 0.2) is 18.2 Å². The molecule has 0 spiro atoms. The van der Waals surface area contributed by atoms with Crippen LogP contribution in [-0.2, 0) is 4.79 Å². The number of halogens is 2. The first kappa shape index (κ1) is 13.5. The van der Waals surface area contributed by atoms with Crippen molar-refractivity contribution in [3.05, 3.63) is 35.4 Å². The molecule has 6 heteroatoms. The summed E-state index contributed by atoms with van der Waals surface area (Å²) in [4.78, 5) is 14.2. The second kappa shape index (κ2) is 5.46. The highest BCUT2D eigenvalue weighted by Gasteiger charge is 2.39. The molecular formula is C14H17F2N3O. The van der Waals surface area contributed by atoms with Crippen LogP contribution >= 0.6 is 0 Å². The quantitative estimate of drug-likeness (QED) is 0.860. The lowest BCUT2D eigenvalue weighted by Crippen LogP contribution is -2.37. The van der Waals surface area contributed by atoms with E-state index in [1.54, 1.807) is 4.90 Å². The van der Waals surface area contributed by atoms with E-state index in [0.29, 0.717) is 6.54 Å². The third-order valence-corrected chi connectivity index (χ3v) is 4.03. The van der Waals surface area contributed by atoms with Crippen molar-refractivity contribution in [3.8, 4) is 0 Å². The van der Waals surface area contributed by atoms with Gasteiger partial charge in [-0.3, -0.25) is 10.2 Å². The number of likely N-dealkylation sites (tertiary alicyclic amines) is 1. The van der Waals surface area contributed by atoms with E-state index in [9.17, 15) is 13.6 Å². The predicted molar refractivity (Wildman–Crippen MR) is 69.5 cm³/mol. The molecule has 0 radical (unpaired) electrons. The van der Waals surface area contributed by atoms with Crippen LogP contribution in [0, 0.1) is 17.6 Å². The van der Waals surface area contributed by atoms with Crippen LogP contribution in [0.4, 0.5) is 8.78 Å². The molecule has 0 bridgehead atoms. The molecule has 4 nitrogen and oxygen atoms in total. The molecule has 1 amide bonds. The van der Waals surface area contributed by atoms with Crippen LogP contribution in [0.25, 0.3) is 0 Å². The molecule has 108 valence electrons. The second-order valence-electron chi connectivity index (χ2n) is 5.28. The van der Waals surface area contributed by atoms with Gasteiger partial charge in [0.05, 0.1) is 12.0 Å². The maximum atomic E-state index is 13.9. The Hall–Kier alpha value is -1.53. The summed E-state index contributed by atoms with van der Waals surface area (Å²) < 4.78 is 27.8. The number of carbonyl (C=O) groups is 1. The van der Waals surface area contributed by atoms with Gasteiger partial charge in [-0.1, -0.05) is 6.07 Å². The molecule has 0 aliphatic carbocycles. The third-order valence-electron chi connectivity index (χ3n) is 4.03. The van der Waals surface area contributed by atoms with Crippen molar-refractivity contribution < 1.29 is 13.6 Å². The van der Waals surface area contributed by atoms with Crippen molar-refractivity contribution in [1.82, 2.24) is 15.8 Å². The Morgan fingerprint density at radius 3 is 2.50 bits per heavy atom. The summed E-state index contributed by atoms with van der Waals surface area (Å²) in [5.41, 5.74) is 5.62. The van der Waals surface area contributed by atoms with Crippen LogP contribution < -0.4 is 10.9 Å². The molecule has 2 fully saturated rings. The van der Waals surface area contributed by atoms with E-state index in [1.807, 2.05) is 0 Å². The van der Waals surface area contributed by atoms with Gasteiger partial charge < -0.3 is 4.90 Å². The van der Waals surface area contributed by atoms with Crippen LogP contribution in [0.2, 0.25) is 0 Å². The second-order valence-corrected chi connectivity index (χ2v) is 5.28. The first-order chi connectivity index (χ1) is 9.68. The molecule has 0 aromatic heterocycles. The lowest BCUT2D eigenvalue weighted by molar-refractivity contribution is -0.134. The van der Waals surface area contributed by atoms with Crippen LogP contribution in [0.3, 0.4) is 0 Å². The van der Waals surface area contributed by atoms with Crippen molar-refractivity contribution in [1.29, 1.82) is 0 Å². The zero-order chi connectivity index (χ0) is 14.1. The number of hydrogen-bond donors (Lipinski definition) is 2. The Morgan fingerprint density at radius 2 is 1.85 bits per heavy atom. The highest BCUT2D eigenvalue weighted by atomic mass is 19.1. The maximum absolute atomic E-state index is 13.9. The molecule has 0 saturated carbocycles. The molecule has 20 heavy (non-hydrogen) atoms. The number of hydrogen-bond acceptors (Lipinski definition) is 3. The SMILES string of the molecule is O=C(C1CNNC1c1c(F)cccc1F)N1CCCC1. The summed E-state index contributed by atoms with van der Waals surface area (Å²) in [6.45, 7) is 1.86. The van der Waals surface area contributed by atoms with Crippen molar-refractivity contribution in [2.24, 2.45) is 5.92 Å². The standard InChI is InChI=1S/C14H17F2N3O/c15-10-4-3-5-11(16)12(10)13-9(8-17-18-13)14(20)19-6-1-2-7-19/h3-5,9,13,17-18H,1-2,6-8H2. The fraction of sp³-hybridized carbons (Fsp3) is 0.500. The Labute approximate surface area is 116 Å². The van der Waals surface area contributed by atoms with E-state index >= 15 is 0 Å². The molecule has 2 heterocycles. The smallest absolute Gasteiger partial charge is 0.229 e. The minimum atomic E-state index is -0.663. The Bertz CT molecular complexity index is 497. The molecule has 2 saturated heterocycles. The van der Waals surface area contributed by atoms with Gasteiger partial charge in [-0.05, 0) is 25.0 Å². The number of hydrazine groups is 1. The van der Waals surface area contributed by atoms with Gasteiger partial charge in [-0.2, -0.15) is 0 Å². The summed E-state index contributed by atoms with van der Waals surface area (Å²) in [6.07, 6.45) is 2.00. The number of amides is 1. The van der Waals surface area contributed by atoms with Gasteiger partial charge in [0, 0.05) is 25.2 Å². The number of benzene rings is 1. The van der Waals surface area contributed by atoms with Crippen molar-refractivity contribution in [2.75, 3.05) is 19.6 Å². The molecule has 2 N–H and O–H groups in total. The Balaban J connectivity index is 1.87. The van der Waals surface area contributed by atoms with E-state index < -0.39 is 23.6 Å². The molecule has 2 unspecified atom stereocenters. The van der Waals surface area contributed by atoms with Crippen molar-refractivity contribution in [3.63, 3.8) is 0 Å². The number of nitrogens with one attached hydrogen (secondary N) is 2. The summed E-state index contributed by atoms with van der Waals surface area (Å²) in [7, 11) is 0. The van der Waals surface area contributed by atoms with Gasteiger partial charge in [0.2, 0.25) is 5.91 Å². The van der Waals surface area contributed by atoms with Gasteiger partial charge in [0.25, 0.3) is 0 Å².